The molecule has 21 heavy (non-hydrogen) atoms. The Morgan fingerprint density at radius 1 is 1.33 bits per heavy atom. The molecule has 1 N–H and O–H groups in total. The number of nitrogens with one attached hydrogen (secondary N) is 1. The summed E-state index contributed by atoms with van der Waals surface area (Å²) >= 11 is 3.11. The quantitative estimate of drug-likeness (QED) is 0.532. The molecule has 7 heteroatoms. The normalized spacial score (nSPS) is 13.4. The molecule has 1 unspecified atom stereocenters. The summed E-state index contributed by atoms with van der Waals surface area (Å²) in [7, 11) is 0. The van der Waals surface area contributed by atoms with Crippen LogP contribution in [0.4, 0.5) is 17.6 Å². The number of alkyl halides is 3. The van der Waals surface area contributed by atoms with Gasteiger partial charge in [-0.15, -0.1) is 0 Å². The van der Waals surface area contributed by atoms with Crippen LogP contribution in [0.2, 0.25) is 0 Å². The zero-order valence-corrected chi connectivity index (χ0v) is 13.2. The van der Waals surface area contributed by atoms with E-state index in [1.807, 2.05) is 6.92 Å². The summed E-state index contributed by atoms with van der Waals surface area (Å²) in [5.41, 5.74) is 0.812. The lowest BCUT2D eigenvalue weighted by atomic mass is 10.0. The van der Waals surface area contributed by atoms with Crippen molar-refractivity contribution < 1.29 is 22.3 Å². The Hall–Kier alpha value is -0.660. The fourth-order valence-corrected chi connectivity index (χ4v) is 2.22. The lowest BCUT2D eigenvalue weighted by Crippen LogP contribution is -2.25. The first-order valence-corrected chi connectivity index (χ1v) is 7.45. The molecule has 0 saturated heterocycles. The molecule has 0 aliphatic rings. The van der Waals surface area contributed by atoms with Crippen molar-refractivity contribution >= 4 is 15.9 Å². The molecule has 1 aromatic carbocycles. The summed E-state index contributed by atoms with van der Waals surface area (Å²) in [6, 6.07) is 4.41. The molecule has 0 saturated carbocycles. The van der Waals surface area contributed by atoms with E-state index in [2.05, 4.69) is 26.0 Å². The van der Waals surface area contributed by atoms with Crippen molar-refractivity contribution in [3.8, 4) is 0 Å². The van der Waals surface area contributed by atoms with Crippen LogP contribution in [0.15, 0.2) is 22.7 Å². The SMILES string of the molecule is CCCNC(CCOCC(F)(F)F)c1ccc(F)c(Br)c1. The van der Waals surface area contributed by atoms with Crippen LogP contribution in [0.1, 0.15) is 31.4 Å². The minimum Gasteiger partial charge on any atom is -0.372 e. The number of halogens is 5. The van der Waals surface area contributed by atoms with Gasteiger partial charge in [0.2, 0.25) is 0 Å². The second-order valence-electron chi connectivity index (χ2n) is 4.64. The first kappa shape index (κ1) is 18.4. The van der Waals surface area contributed by atoms with Gasteiger partial charge in [0.25, 0.3) is 0 Å². The minimum absolute atomic E-state index is 0.0180. The van der Waals surface area contributed by atoms with E-state index in [1.165, 1.54) is 6.07 Å². The van der Waals surface area contributed by atoms with E-state index >= 15 is 0 Å². The Balaban J connectivity index is 2.60. The molecule has 0 spiro atoms. The van der Waals surface area contributed by atoms with Crippen molar-refractivity contribution in [3.63, 3.8) is 0 Å². The monoisotopic (exact) mass is 371 g/mol. The van der Waals surface area contributed by atoms with Crippen molar-refractivity contribution in [1.82, 2.24) is 5.32 Å². The van der Waals surface area contributed by atoms with E-state index in [9.17, 15) is 17.6 Å². The largest absolute Gasteiger partial charge is 0.411 e. The number of hydrogen-bond acceptors (Lipinski definition) is 2. The third kappa shape index (κ3) is 7.24. The van der Waals surface area contributed by atoms with Crippen molar-refractivity contribution in [2.75, 3.05) is 19.8 Å². The van der Waals surface area contributed by atoms with E-state index < -0.39 is 12.8 Å². The van der Waals surface area contributed by atoms with Gasteiger partial charge in [-0.3, -0.25) is 0 Å². The molecule has 0 aliphatic heterocycles. The molecule has 2 nitrogen and oxygen atoms in total. The van der Waals surface area contributed by atoms with Gasteiger partial charge >= 0.3 is 6.18 Å². The maximum Gasteiger partial charge on any atom is 0.411 e. The number of rotatable bonds is 8. The van der Waals surface area contributed by atoms with Crippen molar-refractivity contribution in [2.45, 2.75) is 32.0 Å². The zero-order valence-electron chi connectivity index (χ0n) is 11.6. The third-order valence-electron chi connectivity index (χ3n) is 2.80. The van der Waals surface area contributed by atoms with Gasteiger partial charge < -0.3 is 10.1 Å². The standard InChI is InChI=1S/C14H18BrF4NO/c1-2-6-20-13(5-7-21-9-14(17,18)19)10-3-4-12(16)11(15)8-10/h3-4,8,13,20H,2,5-7,9H2,1H3. The maximum atomic E-state index is 13.2. The molecule has 0 bridgehead atoms. The Kier molecular flexibility index (Phi) is 7.62. The Bertz CT molecular complexity index is 439. The highest BCUT2D eigenvalue weighted by atomic mass is 79.9. The molecule has 0 heterocycles. The van der Waals surface area contributed by atoms with Crippen LogP contribution in [0.25, 0.3) is 0 Å². The topological polar surface area (TPSA) is 21.3 Å². The van der Waals surface area contributed by atoms with Gasteiger partial charge in [0, 0.05) is 12.6 Å². The lowest BCUT2D eigenvalue weighted by molar-refractivity contribution is -0.174. The highest BCUT2D eigenvalue weighted by Gasteiger charge is 2.27. The second-order valence-corrected chi connectivity index (χ2v) is 5.49. The highest BCUT2D eigenvalue weighted by molar-refractivity contribution is 9.10. The zero-order chi connectivity index (χ0) is 15.9. The Labute approximate surface area is 130 Å². The van der Waals surface area contributed by atoms with Gasteiger partial charge in [-0.05, 0) is 53.0 Å². The van der Waals surface area contributed by atoms with E-state index in [0.29, 0.717) is 10.9 Å². The summed E-state index contributed by atoms with van der Waals surface area (Å²) in [5.74, 6) is -0.374. The van der Waals surface area contributed by atoms with Crippen molar-refractivity contribution in [2.24, 2.45) is 0 Å². The molecular formula is C14H18BrF4NO. The molecule has 0 amide bonds. The molecule has 120 valence electrons. The van der Waals surface area contributed by atoms with Gasteiger partial charge in [0.15, 0.2) is 0 Å². The van der Waals surface area contributed by atoms with Crippen LogP contribution >= 0.6 is 15.9 Å². The fourth-order valence-electron chi connectivity index (χ4n) is 1.82. The highest BCUT2D eigenvalue weighted by Crippen LogP contribution is 2.24. The van der Waals surface area contributed by atoms with Gasteiger partial charge in [-0.25, -0.2) is 4.39 Å². The van der Waals surface area contributed by atoms with E-state index in [1.54, 1.807) is 12.1 Å². The Morgan fingerprint density at radius 2 is 2.05 bits per heavy atom. The van der Waals surface area contributed by atoms with Crippen molar-refractivity contribution in [1.29, 1.82) is 0 Å². The summed E-state index contributed by atoms with van der Waals surface area (Å²) in [4.78, 5) is 0. The minimum atomic E-state index is -4.31. The average Bonchev–Trinajstić information content (AvgIpc) is 2.40. The van der Waals surface area contributed by atoms with Gasteiger partial charge in [-0.1, -0.05) is 13.0 Å². The molecule has 0 aliphatic carbocycles. The average molecular weight is 372 g/mol. The van der Waals surface area contributed by atoms with E-state index in [0.717, 1.165) is 18.5 Å². The molecule has 1 rings (SSSR count). The van der Waals surface area contributed by atoms with Gasteiger partial charge in [0.05, 0.1) is 4.47 Å². The number of benzene rings is 1. The number of hydrogen-bond donors (Lipinski definition) is 1. The van der Waals surface area contributed by atoms with Crippen LogP contribution in [-0.4, -0.2) is 25.9 Å². The molecule has 0 fully saturated rings. The lowest BCUT2D eigenvalue weighted by Gasteiger charge is -2.19. The van der Waals surface area contributed by atoms with E-state index in [4.69, 9.17) is 0 Å². The maximum absolute atomic E-state index is 13.2. The van der Waals surface area contributed by atoms with Gasteiger partial charge in [0.1, 0.15) is 12.4 Å². The smallest absolute Gasteiger partial charge is 0.372 e. The first-order valence-electron chi connectivity index (χ1n) is 6.66. The van der Waals surface area contributed by atoms with Crippen LogP contribution in [-0.2, 0) is 4.74 Å². The van der Waals surface area contributed by atoms with Crippen LogP contribution < -0.4 is 5.32 Å². The Morgan fingerprint density at radius 3 is 2.62 bits per heavy atom. The first-order chi connectivity index (χ1) is 9.83. The van der Waals surface area contributed by atoms with Crippen LogP contribution in [0.5, 0.6) is 0 Å². The summed E-state index contributed by atoms with van der Waals surface area (Å²) < 4.78 is 54.2. The van der Waals surface area contributed by atoms with E-state index in [-0.39, 0.29) is 18.5 Å². The summed E-state index contributed by atoms with van der Waals surface area (Å²) in [6.07, 6.45) is -3.04. The molecule has 0 aromatic heterocycles. The fraction of sp³-hybridized carbons (Fsp3) is 0.571. The predicted molar refractivity (Wildman–Crippen MR) is 76.6 cm³/mol. The van der Waals surface area contributed by atoms with Crippen LogP contribution in [0.3, 0.4) is 0 Å². The molecular weight excluding hydrogens is 354 g/mol. The summed E-state index contributed by atoms with van der Waals surface area (Å²) in [6.45, 7) is 1.44. The predicted octanol–water partition coefficient (Wildman–Crippen LogP) is 4.60. The second kappa shape index (κ2) is 8.70. The third-order valence-corrected chi connectivity index (χ3v) is 3.41. The number of ether oxygens (including phenoxy) is 1. The molecule has 1 atom stereocenters. The van der Waals surface area contributed by atoms with Gasteiger partial charge in [-0.2, -0.15) is 13.2 Å². The van der Waals surface area contributed by atoms with Crippen LogP contribution in [0, 0.1) is 5.82 Å². The van der Waals surface area contributed by atoms with Crippen molar-refractivity contribution in [3.05, 3.63) is 34.1 Å². The summed E-state index contributed by atoms with van der Waals surface area (Å²) in [5, 5.41) is 3.23. The molecule has 0 radical (unpaired) electrons. The molecule has 1 aromatic rings.